The van der Waals surface area contributed by atoms with Crippen LogP contribution in [0.1, 0.15) is 18.5 Å². The van der Waals surface area contributed by atoms with Crippen LogP contribution < -0.4 is 9.64 Å². The van der Waals surface area contributed by atoms with Crippen molar-refractivity contribution < 1.29 is 9.53 Å². The SMILES string of the molecule is COc1ccc([C@H]2[C@@H]3CN(c4cnccn4)C[C@@H]3CN2C(C)=O)cc1. The molecule has 0 spiro atoms. The summed E-state index contributed by atoms with van der Waals surface area (Å²) in [6.45, 7) is 4.27. The zero-order chi connectivity index (χ0) is 17.4. The van der Waals surface area contributed by atoms with Crippen molar-refractivity contribution in [2.75, 3.05) is 31.6 Å². The van der Waals surface area contributed by atoms with Crippen molar-refractivity contribution in [1.29, 1.82) is 0 Å². The summed E-state index contributed by atoms with van der Waals surface area (Å²) < 4.78 is 5.26. The summed E-state index contributed by atoms with van der Waals surface area (Å²) in [7, 11) is 1.66. The summed E-state index contributed by atoms with van der Waals surface area (Å²) in [5.74, 6) is 2.75. The van der Waals surface area contributed by atoms with Gasteiger partial charge in [0.25, 0.3) is 0 Å². The van der Waals surface area contributed by atoms with Gasteiger partial charge in [0.15, 0.2) is 0 Å². The van der Waals surface area contributed by atoms with Gasteiger partial charge in [-0.25, -0.2) is 4.98 Å². The Bertz CT molecular complexity index is 750. The van der Waals surface area contributed by atoms with Crippen molar-refractivity contribution in [1.82, 2.24) is 14.9 Å². The van der Waals surface area contributed by atoms with E-state index in [4.69, 9.17) is 4.74 Å². The molecule has 2 aliphatic heterocycles. The molecule has 0 saturated carbocycles. The minimum absolute atomic E-state index is 0.107. The van der Waals surface area contributed by atoms with Gasteiger partial charge in [-0.05, 0) is 17.7 Å². The van der Waals surface area contributed by atoms with Crippen LogP contribution in [0.15, 0.2) is 42.9 Å². The van der Waals surface area contributed by atoms with Gasteiger partial charge in [0.05, 0.1) is 19.3 Å². The van der Waals surface area contributed by atoms with E-state index in [1.165, 1.54) is 5.56 Å². The van der Waals surface area contributed by atoms with Gasteiger partial charge in [0.1, 0.15) is 11.6 Å². The highest BCUT2D eigenvalue weighted by Crippen LogP contribution is 2.45. The molecule has 1 aromatic heterocycles. The van der Waals surface area contributed by atoms with E-state index in [0.29, 0.717) is 11.8 Å². The molecular formula is C19H22N4O2. The molecule has 0 aliphatic carbocycles. The molecule has 2 aromatic rings. The first-order valence-corrected chi connectivity index (χ1v) is 8.59. The summed E-state index contributed by atoms with van der Waals surface area (Å²) >= 11 is 0. The van der Waals surface area contributed by atoms with E-state index in [2.05, 4.69) is 27.0 Å². The molecule has 1 amide bonds. The molecule has 4 rings (SSSR count). The Balaban J connectivity index is 1.62. The molecule has 0 bridgehead atoms. The topological polar surface area (TPSA) is 58.6 Å². The molecule has 6 heteroatoms. The van der Waals surface area contributed by atoms with Crippen LogP contribution in [0.4, 0.5) is 5.82 Å². The molecule has 2 saturated heterocycles. The average Bonchev–Trinajstić information content (AvgIpc) is 3.20. The Morgan fingerprint density at radius 3 is 2.60 bits per heavy atom. The first-order chi connectivity index (χ1) is 12.2. The second kappa shape index (κ2) is 6.35. The summed E-state index contributed by atoms with van der Waals surface area (Å²) in [4.78, 5) is 25.1. The maximum absolute atomic E-state index is 12.2. The Morgan fingerprint density at radius 2 is 1.96 bits per heavy atom. The van der Waals surface area contributed by atoms with Crippen molar-refractivity contribution in [3.05, 3.63) is 48.4 Å². The molecule has 2 fully saturated rings. The van der Waals surface area contributed by atoms with Gasteiger partial charge >= 0.3 is 0 Å². The summed E-state index contributed by atoms with van der Waals surface area (Å²) in [5, 5.41) is 0. The molecule has 1 aromatic carbocycles. The molecule has 0 N–H and O–H groups in total. The van der Waals surface area contributed by atoms with Gasteiger partial charge in [-0.2, -0.15) is 0 Å². The summed E-state index contributed by atoms with van der Waals surface area (Å²) in [6, 6.07) is 8.20. The standard InChI is InChI=1S/C19H22N4O2/c1-13(24)23-11-15-10-22(18-9-20-7-8-21-18)12-17(15)19(23)14-3-5-16(25-2)6-4-14/h3-9,15,17,19H,10-12H2,1-2H3/t15-,17-,19+/m1/s1. The fourth-order valence-corrected chi connectivity index (χ4v) is 4.24. The number of anilines is 1. The normalized spacial score (nSPS) is 25.1. The number of rotatable bonds is 3. The third-order valence-corrected chi connectivity index (χ3v) is 5.40. The molecular weight excluding hydrogens is 316 g/mol. The van der Waals surface area contributed by atoms with E-state index in [1.54, 1.807) is 26.4 Å². The third kappa shape index (κ3) is 2.81. The van der Waals surface area contributed by atoms with Gasteiger partial charge in [0.2, 0.25) is 5.91 Å². The molecule has 2 aliphatic rings. The van der Waals surface area contributed by atoms with Gasteiger partial charge in [-0.15, -0.1) is 0 Å². The number of likely N-dealkylation sites (tertiary alicyclic amines) is 1. The number of aromatic nitrogens is 2. The van der Waals surface area contributed by atoms with E-state index in [1.807, 2.05) is 23.2 Å². The average molecular weight is 338 g/mol. The Hall–Kier alpha value is -2.63. The lowest BCUT2D eigenvalue weighted by Gasteiger charge is -2.29. The predicted molar refractivity (Wildman–Crippen MR) is 94.3 cm³/mol. The third-order valence-electron chi connectivity index (χ3n) is 5.40. The zero-order valence-corrected chi connectivity index (χ0v) is 14.5. The minimum Gasteiger partial charge on any atom is -0.497 e. The number of benzene rings is 1. The van der Waals surface area contributed by atoms with Crippen molar-refractivity contribution in [3.8, 4) is 5.75 Å². The highest BCUT2D eigenvalue weighted by atomic mass is 16.5. The first kappa shape index (κ1) is 15.9. The first-order valence-electron chi connectivity index (χ1n) is 8.59. The Kier molecular flexibility index (Phi) is 4.03. The van der Waals surface area contributed by atoms with Gasteiger partial charge in [-0.1, -0.05) is 12.1 Å². The Labute approximate surface area is 147 Å². The number of hydrogen-bond acceptors (Lipinski definition) is 5. The van der Waals surface area contributed by atoms with Crippen LogP contribution >= 0.6 is 0 Å². The minimum atomic E-state index is 0.107. The summed E-state index contributed by atoms with van der Waals surface area (Å²) in [6.07, 6.45) is 5.23. The number of fused-ring (bicyclic) bond motifs is 1. The smallest absolute Gasteiger partial charge is 0.219 e. The van der Waals surface area contributed by atoms with Crippen LogP contribution in [0.25, 0.3) is 0 Å². The van der Waals surface area contributed by atoms with Crippen LogP contribution in [0.2, 0.25) is 0 Å². The van der Waals surface area contributed by atoms with Crippen LogP contribution in [-0.4, -0.2) is 47.5 Å². The molecule has 6 nitrogen and oxygen atoms in total. The fourth-order valence-electron chi connectivity index (χ4n) is 4.24. The van der Waals surface area contributed by atoms with Crippen molar-refractivity contribution >= 4 is 11.7 Å². The van der Waals surface area contributed by atoms with Crippen LogP contribution in [-0.2, 0) is 4.79 Å². The molecule has 3 heterocycles. The van der Waals surface area contributed by atoms with Gasteiger partial charge in [0, 0.05) is 50.8 Å². The second-order valence-corrected chi connectivity index (χ2v) is 6.78. The van der Waals surface area contributed by atoms with Gasteiger partial charge in [-0.3, -0.25) is 9.78 Å². The highest BCUT2D eigenvalue weighted by Gasteiger charge is 2.48. The predicted octanol–water partition coefficient (Wildman–Crippen LogP) is 2.14. The van der Waals surface area contributed by atoms with E-state index in [-0.39, 0.29) is 11.9 Å². The lowest BCUT2D eigenvalue weighted by Crippen LogP contribution is -2.34. The quantitative estimate of drug-likeness (QED) is 0.858. The van der Waals surface area contributed by atoms with E-state index < -0.39 is 0 Å². The molecule has 0 unspecified atom stereocenters. The number of hydrogen-bond donors (Lipinski definition) is 0. The number of nitrogens with zero attached hydrogens (tertiary/aromatic N) is 4. The maximum atomic E-state index is 12.2. The largest absolute Gasteiger partial charge is 0.497 e. The summed E-state index contributed by atoms with van der Waals surface area (Å²) in [5.41, 5.74) is 1.17. The van der Waals surface area contributed by atoms with Gasteiger partial charge < -0.3 is 14.5 Å². The lowest BCUT2D eigenvalue weighted by molar-refractivity contribution is -0.130. The Morgan fingerprint density at radius 1 is 1.16 bits per heavy atom. The zero-order valence-electron chi connectivity index (χ0n) is 14.5. The van der Waals surface area contributed by atoms with E-state index in [9.17, 15) is 4.79 Å². The van der Waals surface area contributed by atoms with Crippen LogP contribution in [0.3, 0.4) is 0 Å². The monoisotopic (exact) mass is 338 g/mol. The van der Waals surface area contributed by atoms with E-state index in [0.717, 1.165) is 31.2 Å². The lowest BCUT2D eigenvalue weighted by atomic mass is 9.89. The molecule has 3 atom stereocenters. The number of carbonyl (C=O) groups is 1. The number of carbonyl (C=O) groups excluding carboxylic acids is 1. The van der Waals surface area contributed by atoms with Crippen molar-refractivity contribution in [2.24, 2.45) is 11.8 Å². The highest BCUT2D eigenvalue weighted by molar-refractivity contribution is 5.74. The van der Waals surface area contributed by atoms with E-state index >= 15 is 0 Å². The van der Waals surface area contributed by atoms with Crippen molar-refractivity contribution in [2.45, 2.75) is 13.0 Å². The van der Waals surface area contributed by atoms with Crippen molar-refractivity contribution in [3.63, 3.8) is 0 Å². The molecule has 130 valence electrons. The molecule has 25 heavy (non-hydrogen) atoms. The molecule has 0 radical (unpaired) electrons. The second-order valence-electron chi connectivity index (χ2n) is 6.78. The number of methoxy groups -OCH3 is 1. The fraction of sp³-hybridized carbons (Fsp3) is 0.421. The number of ether oxygens (including phenoxy) is 1. The van der Waals surface area contributed by atoms with Crippen LogP contribution in [0.5, 0.6) is 5.75 Å². The van der Waals surface area contributed by atoms with Crippen LogP contribution in [0, 0.1) is 11.8 Å². The number of amides is 1. The maximum Gasteiger partial charge on any atom is 0.219 e.